The van der Waals surface area contributed by atoms with E-state index in [2.05, 4.69) is 28.6 Å². The van der Waals surface area contributed by atoms with Gasteiger partial charge in [0.1, 0.15) is 11.6 Å². The first kappa shape index (κ1) is 21.2. The van der Waals surface area contributed by atoms with Gasteiger partial charge in [-0.1, -0.05) is 30.9 Å². The number of nitrogens with one attached hydrogen (secondary N) is 3. The third kappa shape index (κ3) is 6.22. The van der Waals surface area contributed by atoms with Crippen molar-refractivity contribution in [3.05, 3.63) is 83.3 Å². The lowest BCUT2D eigenvalue weighted by Gasteiger charge is -2.11. The minimum Gasteiger partial charge on any atom is -0.388 e. The SMILES string of the molecule is C=C(C(=O)/C(=C/C=C(\NC)NC1=CCC=C(NC)C=C1)CN)/C(F)=C\C. The van der Waals surface area contributed by atoms with Crippen molar-refractivity contribution < 1.29 is 9.18 Å². The van der Waals surface area contributed by atoms with E-state index in [9.17, 15) is 9.18 Å². The van der Waals surface area contributed by atoms with Crippen LogP contribution in [0.5, 0.6) is 0 Å². The number of carbonyl (C=O) groups excluding carboxylic acids is 1. The van der Waals surface area contributed by atoms with Crippen molar-refractivity contribution in [2.24, 2.45) is 5.73 Å². The molecule has 0 atom stereocenters. The fraction of sp³-hybridized carbons (Fsp3) is 0.250. The van der Waals surface area contributed by atoms with Gasteiger partial charge in [-0.3, -0.25) is 4.79 Å². The van der Waals surface area contributed by atoms with E-state index < -0.39 is 11.6 Å². The van der Waals surface area contributed by atoms with E-state index in [1.54, 1.807) is 19.2 Å². The van der Waals surface area contributed by atoms with Crippen LogP contribution in [0.25, 0.3) is 0 Å². The predicted octanol–water partition coefficient (Wildman–Crippen LogP) is 2.47. The maximum Gasteiger partial charge on any atom is 0.192 e. The molecule has 0 amide bonds. The Labute approximate surface area is 154 Å². The van der Waals surface area contributed by atoms with E-state index in [-0.39, 0.29) is 17.7 Å². The fourth-order valence-corrected chi connectivity index (χ4v) is 2.15. The summed E-state index contributed by atoms with van der Waals surface area (Å²) >= 11 is 0. The molecule has 0 aromatic heterocycles. The Hall–Kier alpha value is -2.86. The Morgan fingerprint density at radius 2 is 1.92 bits per heavy atom. The molecule has 0 heterocycles. The van der Waals surface area contributed by atoms with Gasteiger partial charge in [-0.25, -0.2) is 4.39 Å². The van der Waals surface area contributed by atoms with Crippen molar-refractivity contribution in [3.63, 3.8) is 0 Å². The molecule has 0 bridgehead atoms. The highest BCUT2D eigenvalue weighted by Crippen LogP contribution is 2.15. The summed E-state index contributed by atoms with van der Waals surface area (Å²) in [7, 11) is 3.63. The third-order valence-electron chi connectivity index (χ3n) is 3.73. The predicted molar refractivity (Wildman–Crippen MR) is 105 cm³/mol. The lowest BCUT2D eigenvalue weighted by molar-refractivity contribution is -0.112. The second-order valence-electron chi connectivity index (χ2n) is 5.43. The van der Waals surface area contributed by atoms with Gasteiger partial charge >= 0.3 is 0 Å². The van der Waals surface area contributed by atoms with E-state index in [1.807, 2.05) is 25.3 Å². The molecule has 26 heavy (non-hydrogen) atoms. The quantitative estimate of drug-likeness (QED) is 0.376. The van der Waals surface area contributed by atoms with Crippen LogP contribution in [-0.4, -0.2) is 26.4 Å². The Kier molecular flexibility index (Phi) is 8.87. The number of halogens is 1. The molecule has 1 rings (SSSR count). The third-order valence-corrected chi connectivity index (χ3v) is 3.73. The summed E-state index contributed by atoms with van der Waals surface area (Å²) in [6, 6.07) is 0. The second kappa shape index (κ2) is 10.9. The number of ketones is 1. The molecule has 6 heteroatoms. The topological polar surface area (TPSA) is 79.2 Å². The molecule has 5 nitrogen and oxygen atoms in total. The number of Topliss-reactive ketones (excluding diaryl/α,β-unsaturated/α-hetero) is 1. The number of likely N-dealkylation sites (N-methyl/N-ethyl adjacent to an activating group) is 1. The molecule has 0 saturated carbocycles. The van der Waals surface area contributed by atoms with Crippen molar-refractivity contribution in [2.75, 3.05) is 20.6 Å². The van der Waals surface area contributed by atoms with Crippen molar-refractivity contribution in [1.82, 2.24) is 16.0 Å². The first-order chi connectivity index (χ1) is 12.5. The van der Waals surface area contributed by atoms with Gasteiger partial charge in [-0.15, -0.1) is 0 Å². The lowest BCUT2D eigenvalue weighted by Crippen LogP contribution is -2.22. The molecule has 0 radical (unpaired) electrons. The van der Waals surface area contributed by atoms with Crippen molar-refractivity contribution in [2.45, 2.75) is 13.3 Å². The summed E-state index contributed by atoms with van der Waals surface area (Å²) < 4.78 is 13.6. The number of hydrogen-bond acceptors (Lipinski definition) is 5. The normalized spacial score (nSPS) is 15.7. The van der Waals surface area contributed by atoms with Crippen molar-refractivity contribution in [1.29, 1.82) is 0 Å². The molecular weight excluding hydrogens is 331 g/mol. The number of carbonyl (C=O) groups is 1. The van der Waals surface area contributed by atoms with Gasteiger partial charge in [0.15, 0.2) is 5.78 Å². The highest BCUT2D eigenvalue weighted by Gasteiger charge is 2.15. The molecule has 140 valence electrons. The molecule has 0 unspecified atom stereocenters. The van der Waals surface area contributed by atoms with Crippen LogP contribution in [0.1, 0.15) is 13.3 Å². The Bertz CT molecular complexity index is 724. The molecule has 5 N–H and O–H groups in total. The van der Waals surface area contributed by atoms with Gasteiger partial charge < -0.3 is 21.7 Å². The van der Waals surface area contributed by atoms with Crippen molar-refractivity contribution >= 4 is 5.78 Å². The van der Waals surface area contributed by atoms with Crippen LogP contribution in [0.4, 0.5) is 4.39 Å². The minimum absolute atomic E-state index is 0.0135. The fourth-order valence-electron chi connectivity index (χ4n) is 2.15. The summed E-state index contributed by atoms with van der Waals surface area (Å²) in [5, 5.41) is 9.34. The summed E-state index contributed by atoms with van der Waals surface area (Å²) in [5.74, 6) is -0.484. The summed E-state index contributed by atoms with van der Waals surface area (Å²) in [6.07, 6.45) is 13.3. The lowest BCUT2D eigenvalue weighted by atomic mass is 10.0. The molecule has 1 aliphatic rings. The zero-order valence-electron chi connectivity index (χ0n) is 15.5. The molecule has 0 aliphatic heterocycles. The molecule has 0 saturated heterocycles. The van der Waals surface area contributed by atoms with Gasteiger partial charge in [-0.05, 0) is 31.6 Å². The largest absolute Gasteiger partial charge is 0.388 e. The van der Waals surface area contributed by atoms with Gasteiger partial charge in [0.2, 0.25) is 0 Å². The maximum absolute atomic E-state index is 13.6. The summed E-state index contributed by atoms with van der Waals surface area (Å²) in [6.45, 7) is 4.98. The highest BCUT2D eigenvalue weighted by atomic mass is 19.1. The van der Waals surface area contributed by atoms with E-state index in [0.29, 0.717) is 5.82 Å². The van der Waals surface area contributed by atoms with Crippen molar-refractivity contribution in [3.8, 4) is 0 Å². The zero-order chi connectivity index (χ0) is 19.5. The molecular formula is C20H27FN4O. The number of allylic oxidation sites excluding steroid dienone is 9. The van der Waals surface area contributed by atoms with E-state index >= 15 is 0 Å². The van der Waals surface area contributed by atoms with Gasteiger partial charge in [0.05, 0.1) is 5.57 Å². The summed E-state index contributed by atoms with van der Waals surface area (Å²) in [5.41, 5.74) is 7.65. The average molecular weight is 358 g/mol. The van der Waals surface area contributed by atoms with Crippen LogP contribution >= 0.6 is 0 Å². The highest BCUT2D eigenvalue weighted by molar-refractivity contribution is 6.10. The van der Waals surface area contributed by atoms with Crippen LogP contribution in [-0.2, 0) is 4.79 Å². The molecule has 0 aromatic carbocycles. The Morgan fingerprint density at radius 1 is 1.27 bits per heavy atom. The monoisotopic (exact) mass is 358 g/mol. The van der Waals surface area contributed by atoms with Crippen LogP contribution in [0, 0.1) is 0 Å². The number of rotatable bonds is 9. The van der Waals surface area contributed by atoms with Crippen LogP contribution < -0.4 is 21.7 Å². The maximum atomic E-state index is 13.6. The van der Waals surface area contributed by atoms with Gasteiger partial charge in [0, 0.05) is 37.6 Å². The molecule has 0 spiro atoms. The number of hydrogen-bond donors (Lipinski definition) is 4. The van der Waals surface area contributed by atoms with Crippen LogP contribution in [0.2, 0.25) is 0 Å². The Morgan fingerprint density at radius 3 is 2.50 bits per heavy atom. The van der Waals surface area contributed by atoms with Gasteiger partial charge in [0.25, 0.3) is 0 Å². The Balaban J connectivity index is 2.93. The van der Waals surface area contributed by atoms with E-state index in [0.717, 1.165) is 17.8 Å². The standard InChI is InChI=1S/C20H27FN4O/c1-5-18(21)14(2)20(26)15(13-22)9-12-19(24-4)25-17-8-6-7-16(23-3)10-11-17/h5,7-12,23-25H,2,6,13,22H2,1,3-4H3/b15-9+,18-5+,19-12+. The smallest absolute Gasteiger partial charge is 0.192 e. The first-order valence-electron chi connectivity index (χ1n) is 8.34. The first-order valence-corrected chi connectivity index (χ1v) is 8.34. The summed E-state index contributed by atoms with van der Waals surface area (Å²) in [4.78, 5) is 12.2. The van der Waals surface area contributed by atoms with Gasteiger partial charge in [-0.2, -0.15) is 0 Å². The van der Waals surface area contributed by atoms with E-state index in [1.165, 1.54) is 13.0 Å². The number of nitrogens with two attached hydrogens (primary N) is 1. The van der Waals surface area contributed by atoms with Crippen LogP contribution in [0.3, 0.4) is 0 Å². The average Bonchev–Trinajstić information content (AvgIpc) is 2.90. The van der Waals surface area contributed by atoms with E-state index in [4.69, 9.17) is 5.73 Å². The molecule has 0 aromatic rings. The molecule has 1 aliphatic carbocycles. The zero-order valence-corrected chi connectivity index (χ0v) is 15.5. The second-order valence-corrected chi connectivity index (χ2v) is 5.43. The molecule has 0 fully saturated rings. The van der Waals surface area contributed by atoms with Crippen LogP contribution in [0.15, 0.2) is 83.3 Å². The minimum atomic E-state index is -0.646.